The van der Waals surface area contributed by atoms with Crippen molar-refractivity contribution in [1.82, 2.24) is 19.9 Å². The van der Waals surface area contributed by atoms with Crippen molar-refractivity contribution in [2.75, 3.05) is 13.1 Å². The Morgan fingerprint density at radius 1 is 1.11 bits per heavy atom. The fraction of sp³-hybridized carbons (Fsp3) is 0.333. The molecular formula is C21H23N5O. The Balaban J connectivity index is 1.37. The summed E-state index contributed by atoms with van der Waals surface area (Å²) < 4.78 is 0. The maximum absolute atomic E-state index is 12.7. The number of hydrogen-bond acceptors (Lipinski definition) is 5. The zero-order valence-corrected chi connectivity index (χ0v) is 15.2. The summed E-state index contributed by atoms with van der Waals surface area (Å²) in [5, 5.41) is 1.05. The van der Waals surface area contributed by atoms with Crippen LogP contribution in [0.4, 0.5) is 0 Å². The van der Waals surface area contributed by atoms with E-state index in [1.54, 1.807) is 18.6 Å². The Kier molecular flexibility index (Phi) is 5.07. The highest BCUT2D eigenvalue weighted by Crippen LogP contribution is 2.28. The van der Waals surface area contributed by atoms with Gasteiger partial charge in [-0.25, -0.2) is 9.97 Å². The lowest BCUT2D eigenvalue weighted by Crippen LogP contribution is -2.47. The summed E-state index contributed by atoms with van der Waals surface area (Å²) in [6, 6.07) is 11.4. The second-order valence-corrected chi connectivity index (χ2v) is 7.05. The van der Waals surface area contributed by atoms with Crippen LogP contribution in [0.15, 0.2) is 55.0 Å². The Hall–Kier alpha value is -2.86. The first kappa shape index (κ1) is 17.5. The van der Waals surface area contributed by atoms with Crippen LogP contribution < -0.4 is 5.73 Å². The highest BCUT2D eigenvalue weighted by Gasteiger charge is 2.27. The van der Waals surface area contributed by atoms with Gasteiger partial charge in [0.05, 0.1) is 6.04 Å². The van der Waals surface area contributed by atoms with Gasteiger partial charge in [-0.2, -0.15) is 0 Å². The third-order valence-electron chi connectivity index (χ3n) is 5.23. The molecule has 4 heterocycles. The van der Waals surface area contributed by atoms with Gasteiger partial charge in [-0.05, 0) is 61.2 Å². The predicted molar refractivity (Wildman–Crippen MR) is 104 cm³/mol. The first-order valence-electron chi connectivity index (χ1n) is 9.35. The molecule has 1 fully saturated rings. The molecule has 6 heteroatoms. The summed E-state index contributed by atoms with van der Waals surface area (Å²) in [4.78, 5) is 27.6. The summed E-state index contributed by atoms with van der Waals surface area (Å²) in [6.07, 6.45) is 7.56. The van der Waals surface area contributed by atoms with Crippen LogP contribution in [0.5, 0.6) is 0 Å². The summed E-state index contributed by atoms with van der Waals surface area (Å²) in [6.45, 7) is 1.44. The van der Waals surface area contributed by atoms with Crippen molar-refractivity contribution in [3.8, 4) is 0 Å². The number of amides is 1. The first-order valence-corrected chi connectivity index (χ1v) is 9.35. The Labute approximate surface area is 158 Å². The molecule has 138 valence electrons. The number of pyridine rings is 3. The lowest BCUT2D eigenvalue weighted by atomic mass is 9.92. The minimum absolute atomic E-state index is 0.0263. The molecule has 4 rings (SSSR count). The fourth-order valence-corrected chi connectivity index (χ4v) is 3.69. The molecule has 0 spiro atoms. The van der Waals surface area contributed by atoms with Gasteiger partial charge in [0.15, 0.2) is 5.65 Å². The van der Waals surface area contributed by atoms with Crippen LogP contribution in [0.25, 0.3) is 11.0 Å². The van der Waals surface area contributed by atoms with Crippen molar-refractivity contribution in [3.63, 3.8) is 0 Å². The molecule has 1 aliphatic heterocycles. The predicted octanol–water partition coefficient (Wildman–Crippen LogP) is 2.30. The molecule has 0 unspecified atom stereocenters. The minimum atomic E-state index is -0.507. The van der Waals surface area contributed by atoms with Gasteiger partial charge in [0, 0.05) is 48.7 Å². The molecule has 0 radical (unpaired) electrons. The van der Waals surface area contributed by atoms with Gasteiger partial charge < -0.3 is 10.6 Å². The first-order chi connectivity index (χ1) is 13.2. The Bertz CT molecular complexity index is 922. The van der Waals surface area contributed by atoms with Gasteiger partial charge >= 0.3 is 0 Å². The van der Waals surface area contributed by atoms with Crippen molar-refractivity contribution in [2.24, 2.45) is 5.73 Å². The van der Waals surface area contributed by atoms with Crippen molar-refractivity contribution in [3.05, 3.63) is 66.2 Å². The smallest absolute Gasteiger partial charge is 0.239 e. The highest BCUT2D eigenvalue weighted by molar-refractivity contribution is 5.82. The topological polar surface area (TPSA) is 85.0 Å². The Morgan fingerprint density at radius 2 is 1.89 bits per heavy atom. The lowest BCUT2D eigenvalue weighted by Gasteiger charge is -2.33. The van der Waals surface area contributed by atoms with E-state index in [0.29, 0.717) is 12.3 Å². The third kappa shape index (κ3) is 3.95. The molecule has 3 aromatic rings. The van der Waals surface area contributed by atoms with Crippen molar-refractivity contribution in [1.29, 1.82) is 0 Å². The summed E-state index contributed by atoms with van der Waals surface area (Å²) in [5.41, 5.74) is 9.04. The second-order valence-electron chi connectivity index (χ2n) is 7.05. The number of likely N-dealkylation sites (tertiary alicyclic amines) is 1. The van der Waals surface area contributed by atoms with E-state index < -0.39 is 6.04 Å². The van der Waals surface area contributed by atoms with Gasteiger partial charge in [0.25, 0.3) is 0 Å². The SMILES string of the molecule is N[C@@H](Cc1ccncc1)C(=O)N1CCC(c2ccc3cccnc3n2)CC1. The largest absolute Gasteiger partial charge is 0.341 e. The normalized spacial score (nSPS) is 16.4. The van der Waals surface area contributed by atoms with E-state index in [4.69, 9.17) is 10.7 Å². The van der Waals surface area contributed by atoms with Crippen LogP contribution >= 0.6 is 0 Å². The summed E-state index contributed by atoms with van der Waals surface area (Å²) >= 11 is 0. The van der Waals surface area contributed by atoms with Crippen molar-refractivity contribution < 1.29 is 4.79 Å². The molecule has 0 bridgehead atoms. The number of hydrogen-bond donors (Lipinski definition) is 1. The number of carbonyl (C=O) groups is 1. The van der Waals surface area contributed by atoms with E-state index in [0.717, 1.165) is 48.2 Å². The van der Waals surface area contributed by atoms with E-state index in [1.807, 2.05) is 29.2 Å². The van der Waals surface area contributed by atoms with Gasteiger partial charge in [-0.1, -0.05) is 0 Å². The van der Waals surface area contributed by atoms with Crippen LogP contribution in [0.1, 0.15) is 30.0 Å². The van der Waals surface area contributed by atoms with E-state index >= 15 is 0 Å². The molecule has 2 N–H and O–H groups in total. The molecule has 0 saturated carbocycles. The van der Waals surface area contributed by atoms with E-state index in [-0.39, 0.29) is 5.91 Å². The molecule has 6 nitrogen and oxygen atoms in total. The Morgan fingerprint density at radius 3 is 2.67 bits per heavy atom. The van der Waals surface area contributed by atoms with Gasteiger partial charge in [-0.3, -0.25) is 9.78 Å². The standard InChI is InChI=1S/C21H23N5O/c22-18(14-15-5-10-23-11-6-15)21(27)26-12-7-16(8-13-26)19-4-3-17-2-1-9-24-20(17)25-19/h1-6,9-11,16,18H,7-8,12-14,22H2/t18-/m0/s1. The van der Waals surface area contributed by atoms with Crippen LogP contribution in [-0.4, -0.2) is 44.9 Å². The maximum atomic E-state index is 12.7. The monoisotopic (exact) mass is 361 g/mol. The van der Waals surface area contributed by atoms with Gasteiger partial charge in [-0.15, -0.1) is 0 Å². The second kappa shape index (κ2) is 7.80. The maximum Gasteiger partial charge on any atom is 0.239 e. The van der Waals surface area contributed by atoms with Crippen molar-refractivity contribution in [2.45, 2.75) is 31.2 Å². The lowest BCUT2D eigenvalue weighted by molar-refractivity contribution is -0.133. The minimum Gasteiger partial charge on any atom is -0.341 e. The average molecular weight is 361 g/mol. The van der Waals surface area contributed by atoms with Crippen LogP contribution in [0.2, 0.25) is 0 Å². The number of nitrogens with zero attached hydrogens (tertiary/aromatic N) is 4. The number of nitrogens with two attached hydrogens (primary N) is 1. The number of carbonyl (C=O) groups excluding carboxylic acids is 1. The van der Waals surface area contributed by atoms with Gasteiger partial charge in [0.1, 0.15) is 0 Å². The molecule has 1 amide bonds. The van der Waals surface area contributed by atoms with Crippen LogP contribution in [0, 0.1) is 0 Å². The third-order valence-corrected chi connectivity index (χ3v) is 5.23. The quantitative estimate of drug-likeness (QED) is 0.771. The van der Waals surface area contributed by atoms with Crippen molar-refractivity contribution >= 4 is 16.9 Å². The van der Waals surface area contributed by atoms with E-state index in [9.17, 15) is 4.79 Å². The number of aromatic nitrogens is 3. The molecule has 1 aliphatic rings. The summed E-state index contributed by atoms with van der Waals surface area (Å²) in [5.74, 6) is 0.385. The average Bonchev–Trinajstić information content (AvgIpc) is 2.73. The van der Waals surface area contributed by atoms with Gasteiger partial charge in [0.2, 0.25) is 5.91 Å². The molecule has 27 heavy (non-hydrogen) atoms. The number of piperidine rings is 1. The highest BCUT2D eigenvalue weighted by atomic mass is 16.2. The van der Waals surface area contributed by atoms with Crippen LogP contribution in [-0.2, 0) is 11.2 Å². The molecular weight excluding hydrogens is 338 g/mol. The molecule has 1 saturated heterocycles. The molecule has 0 aliphatic carbocycles. The number of fused-ring (bicyclic) bond motifs is 1. The van der Waals surface area contributed by atoms with E-state index in [1.165, 1.54) is 0 Å². The number of rotatable bonds is 4. The summed E-state index contributed by atoms with van der Waals surface area (Å²) in [7, 11) is 0. The van der Waals surface area contributed by atoms with E-state index in [2.05, 4.69) is 22.1 Å². The molecule has 3 aromatic heterocycles. The zero-order chi connectivity index (χ0) is 18.6. The zero-order valence-electron chi connectivity index (χ0n) is 15.2. The molecule has 0 aromatic carbocycles. The van der Waals surface area contributed by atoms with Crippen LogP contribution in [0.3, 0.4) is 0 Å². The molecule has 1 atom stereocenters. The fourth-order valence-electron chi connectivity index (χ4n) is 3.69.